The molecule has 1 heterocycles. The summed E-state index contributed by atoms with van der Waals surface area (Å²) in [4.78, 5) is 12.3. The molecule has 1 aromatic heterocycles. The predicted octanol–water partition coefficient (Wildman–Crippen LogP) is 4.51. The fourth-order valence-electron chi connectivity index (χ4n) is 3.40. The van der Waals surface area contributed by atoms with Crippen LogP contribution in [0.5, 0.6) is 0 Å². The first-order valence-corrected chi connectivity index (χ1v) is 11.0. The molecule has 1 aliphatic rings. The first-order valence-electron chi connectivity index (χ1n) is 9.19. The van der Waals surface area contributed by atoms with Crippen LogP contribution in [0.2, 0.25) is 0 Å². The maximum absolute atomic E-state index is 12.3. The lowest BCUT2D eigenvalue weighted by atomic mass is 9.86. The van der Waals surface area contributed by atoms with Crippen molar-refractivity contribution < 1.29 is 4.79 Å². The Bertz CT molecular complexity index is 746. The molecule has 7 heteroatoms. The van der Waals surface area contributed by atoms with Gasteiger partial charge < -0.3 is 9.88 Å². The molecule has 140 valence electrons. The Morgan fingerprint density at radius 3 is 2.69 bits per heavy atom. The first-order chi connectivity index (χ1) is 12.6. The van der Waals surface area contributed by atoms with E-state index in [1.165, 1.54) is 31.0 Å². The van der Waals surface area contributed by atoms with Gasteiger partial charge in [0.15, 0.2) is 11.0 Å². The topological polar surface area (TPSA) is 59.8 Å². The van der Waals surface area contributed by atoms with Gasteiger partial charge in [-0.05, 0) is 37.8 Å². The quantitative estimate of drug-likeness (QED) is 0.676. The van der Waals surface area contributed by atoms with E-state index in [9.17, 15) is 4.79 Å². The number of nitrogens with zero attached hydrogens (tertiary/aromatic N) is 3. The molecular weight excluding hydrogens is 412 g/mol. The number of carbonyl (C=O) groups excluding carboxylic acids is 1. The molecule has 0 bridgehead atoms. The van der Waals surface area contributed by atoms with Gasteiger partial charge in [-0.1, -0.05) is 59.6 Å². The van der Waals surface area contributed by atoms with Gasteiger partial charge in [0.2, 0.25) is 5.91 Å². The average molecular weight is 437 g/mol. The molecule has 1 saturated carbocycles. The largest absolute Gasteiger partial charge is 0.352 e. The average Bonchev–Trinajstić information content (AvgIpc) is 3.05. The Labute approximate surface area is 167 Å². The second-order valence-electron chi connectivity index (χ2n) is 6.78. The summed E-state index contributed by atoms with van der Waals surface area (Å²) in [6.45, 7) is 5.07. The molecular formula is C19H25BrN4OS. The summed E-state index contributed by atoms with van der Waals surface area (Å²) in [5.41, 5.74) is 1.02. The van der Waals surface area contributed by atoms with Crippen LogP contribution < -0.4 is 5.32 Å². The summed E-state index contributed by atoms with van der Waals surface area (Å²) in [7, 11) is 0. The van der Waals surface area contributed by atoms with Crippen LogP contribution in [0.4, 0.5) is 0 Å². The monoisotopic (exact) mass is 436 g/mol. The maximum Gasteiger partial charge on any atom is 0.230 e. The minimum Gasteiger partial charge on any atom is -0.352 e. The molecule has 0 unspecified atom stereocenters. The summed E-state index contributed by atoms with van der Waals surface area (Å²) in [5, 5.41) is 12.6. The van der Waals surface area contributed by atoms with E-state index in [1.807, 2.05) is 24.3 Å². The highest BCUT2D eigenvalue weighted by molar-refractivity contribution is 9.10. The van der Waals surface area contributed by atoms with E-state index in [-0.39, 0.29) is 5.91 Å². The molecule has 3 rings (SSSR count). The molecule has 0 radical (unpaired) electrons. The van der Waals surface area contributed by atoms with Crippen LogP contribution in [0, 0.1) is 5.92 Å². The lowest BCUT2D eigenvalue weighted by Crippen LogP contribution is -2.41. The number of halogens is 1. The third-order valence-electron chi connectivity index (χ3n) is 4.93. The fraction of sp³-hybridized carbons (Fsp3) is 0.526. The van der Waals surface area contributed by atoms with E-state index < -0.39 is 0 Å². The van der Waals surface area contributed by atoms with Gasteiger partial charge in [-0.2, -0.15) is 0 Å². The first kappa shape index (κ1) is 19.4. The van der Waals surface area contributed by atoms with Crippen molar-refractivity contribution in [1.82, 2.24) is 20.1 Å². The molecule has 2 atom stereocenters. The van der Waals surface area contributed by atoms with Gasteiger partial charge in [0.25, 0.3) is 0 Å². The van der Waals surface area contributed by atoms with E-state index in [0.29, 0.717) is 17.7 Å². The SMILES string of the molecule is CCn1c(SCC(=O)N[C@@H]2CCCC[C@H]2C)nnc1-c1ccc(Br)cc1. The number of aromatic nitrogens is 3. The Morgan fingerprint density at radius 1 is 1.27 bits per heavy atom. The number of amides is 1. The van der Waals surface area contributed by atoms with Gasteiger partial charge in [-0.25, -0.2) is 0 Å². The Hall–Kier alpha value is -1.34. The maximum atomic E-state index is 12.3. The Balaban J connectivity index is 1.63. The van der Waals surface area contributed by atoms with Crippen LogP contribution in [0.3, 0.4) is 0 Å². The van der Waals surface area contributed by atoms with Crippen molar-refractivity contribution in [2.75, 3.05) is 5.75 Å². The highest BCUT2D eigenvalue weighted by Crippen LogP contribution is 2.26. The molecule has 5 nitrogen and oxygen atoms in total. The molecule has 1 aliphatic carbocycles. The summed E-state index contributed by atoms with van der Waals surface area (Å²) in [6, 6.07) is 8.35. The van der Waals surface area contributed by atoms with E-state index in [4.69, 9.17) is 0 Å². The number of nitrogens with one attached hydrogen (secondary N) is 1. The van der Waals surface area contributed by atoms with Crippen LogP contribution in [0.15, 0.2) is 33.9 Å². The molecule has 0 aliphatic heterocycles. The van der Waals surface area contributed by atoms with Crippen LogP contribution >= 0.6 is 27.7 Å². The van der Waals surface area contributed by atoms with Gasteiger partial charge in [0.1, 0.15) is 0 Å². The van der Waals surface area contributed by atoms with Gasteiger partial charge >= 0.3 is 0 Å². The van der Waals surface area contributed by atoms with Crippen molar-refractivity contribution in [2.45, 2.75) is 57.3 Å². The Morgan fingerprint density at radius 2 is 2.00 bits per heavy atom. The number of rotatable bonds is 6. The molecule has 0 saturated heterocycles. The second kappa shape index (κ2) is 9.04. The van der Waals surface area contributed by atoms with Crippen LogP contribution in [0.25, 0.3) is 11.4 Å². The highest BCUT2D eigenvalue weighted by atomic mass is 79.9. The molecule has 1 N–H and O–H groups in total. The molecule has 1 aromatic carbocycles. The van der Waals surface area contributed by atoms with Gasteiger partial charge in [-0.3, -0.25) is 4.79 Å². The van der Waals surface area contributed by atoms with E-state index in [1.54, 1.807) is 0 Å². The predicted molar refractivity (Wildman–Crippen MR) is 109 cm³/mol. The standard InChI is InChI=1S/C19H25BrN4OS/c1-3-24-18(14-8-10-15(20)11-9-14)22-23-19(24)26-12-17(25)21-16-7-5-4-6-13(16)2/h8-11,13,16H,3-7,12H2,1-2H3,(H,21,25)/t13-,16-/m1/s1. The minimum absolute atomic E-state index is 0.0876. The van der Waals surface area contributed by atoms with Crippen molar-refractivity contribution >= 4 is 33.6 Å². The molecule has 2 aromatic rings. The van der Waals surface area contributed by atoms with E-state index in [2.05, 4.69) is 49.9 Å². The van der Waals surface area contributed by atoms with Gasteiger partial charge in [0.05, 0.1) is 5.75 Å². The number of hydrogen-bond donors (Lipinski definition) is 1. The summed E-state index contributed by atoms with van der Waals surface area (Å²) in [6.07, 6.45) is 4.79. The van der Waals surface area contributed by atoms with Crippen LogP contribution in [-0.4, -0.2) is 32.5 Å². The van der Waals surface area contributed by atoms with Crippen molar-refractivity contribution in [1.29, 1.82) is 0 Å². The molecule has 1 fully saturated rings. The van der Waals surface area contributed by atoms with Gasteiger partial charge in [0, 0.05) is 22.6 Å². The summed E-state index contributed by atoms with van der Waals surface area (Å²) < 4.78 is 3.09. The van der Waals surface area contributed by atoms with Crippen LogP contribution in [0.1, 0.15) is 39.5 Å². The molecule has 1 amide bonds. The van der Waals surface area contributed by atoms with Crippen molar-refractivity contribution in [2.24, 2.45) is 5.92 Å². The fourth-order valence-corrected chi connectivity index (χ4v) is 4.48. The van der Waals surface area contributed by atoms with E-state index in [0.717, 1.165) is 34.0 Å². The summed E-state index contributed by atoms with van der Waals surface area (Å²) in [5.74, 6) is 1.87. The van der Waals surface area contributed by atoms with Crippen molar-refractivity contribution in [3.05, 3.63) is 28.7 Å². The minimum atomic E-state index is 0.0876. The van der Waals surface area contributed by atoms with Gasteiger partial charge in [-0.15, -0.1) is 10.2 Å². The zero-order chi connectivity index (χ0) is 18.5. The lowest BCUT2D eigenvalue weighted by molar-refractivity contribution is -0.119. The third-order valence-corrected chi connectivity index (χ3v) is 6.42. The Kier molecular flexibility index (Phi) is 6.75. The zero-order valence-corrected chi connectivity index (χ0v) is 17.6. The third kappa shape index (κ3) is 4.68. The number of carbonyl (C=O) groups is 1. The van der Waals surface area contributed by atoms with Crippen molar-refractivity contribution in [3.8, 4) is 11.4 Å². The van der Waals surface area contributed by atoms with Crippen LogP contribution in [-0.2, 0) is 11.3 Å². The molecule has 0 spiro atoms. The molecule has 26 heavy (non-hydrogen) atoms. The second-order valence-corrected chi connectivity index (χ2v) is 8.64. The summed E-state index contributed by atoms with van der Waals surface area (Å²) >= 11 is 4.91. The number of hydrogen-bond acceptors (Lipinski definition) is 4. The normalized spacial score (nSPS) is 20.1. The van der Waals surface area contributed by atoms with E-state index >= 15 is 0 Å². The number of benzene rings is 1. The highest BCUT2D eigenvalue weighted by Gasteiger charge is 2.23. The zero-order valence-electron chi connectivity index (χ0n) is 15.2. The smallest absolute Gasteiger partial charge is 0.230 e. The lowest BCUT2D eigenvalue weighted by Gasteiger charge is -2.29. The number of thioether (sulfide) groups is 1. The van der Waals surface area contributed by atoms with Crippen molar-refractivity contribution in [3.63, 3.8) is 0 Å².